The summed E-state index contributed by atoms with van der Waals surface area (Å²) < 4.78 is 13.8. The summed E-state index contributed by atoms with van der Waals surface area (Å²) in [6.45, 7) is 3.50. The molecule has 0 bridgehead atoms. The summed E-state index contributed by atoms with van der Waals surface area (Å²) in [5.41, 5.74) is 0.800. The van der Waals surface area contributed by atoms with Crippen molar-refractivity contribution in [2.24, 2.45) is 4.99 Å². The van der Waals surface area contributed by atoms with E-state index in [1.807, 2.05) is 13.0 Å². The molecule has 3 nitrogen and oxygen atoms in total. The predicted molar refractivity (Wildman–Crippen MR) is 75.8 cm³/mol. The van der Waals surface area contributed by atoms with Gasteiger partial charge in [0, 0.05) is 6.54 Å². The van der Waals surface area contributed by atoms with Crippen LogP contribution >= 0.6 is 15.9 Å². The zero-order valence-electron chi connectivity index (χ0n) is 10.1. The van der Waals surface area contributed by atoms with Crippen LogP contribution in [0.5, 0.6) is 0 Å². The molecule has 0 atom stereocenters. The first-order valence-corrected chi connectivity index (χ1v) is 6.36. The molecule has 0 aromatic heterocycles. The molecule has 5 heteroatoms. The molecule has 0 saturated carbocycles. The van der Waals surface area contributed by atoms with Gasteiger partial charge in [0.2, 0.25) is 0 Å². The Morgan fingerprint density at radius 1 is 1.50 bits per heavy atom. The smallest absolute Gasteiger partial charge is 0.192 e. The van der Waals surface area contributed by atoms with Gasteiger partial charge in [0.25, 0.3) is 0 Å². The standard InChI is InChI=1S/C13H15BrFN3/c1-3-7-17-13(16-4-2)18-9-10-5-6-11(14)12(15)8-10/h1,5-6,8H,4,7,9H2,2H3,(H2,16,17,18). The third-order valence-corrected chi connectivity index (χ3v) is 2.75. The number of benzene rings is 1. The number of guanidine groups is 1. The molecular formula is C13H15BrFN3. The number of hydrogen-bond acceptors (Lipinski definition) is 1. The number of rotatable bonds is 4. The van der Waals surface area contributed by atoms with Gasteiger partial charge in [-0.15, -0.1) is 6.42 Å². The molecule has 0 amide bonds. The summed E-state index contributed by atoms with van der Waals surface area (Å²) in [6.07, 6.45) is 5.17. The summed E-state index contributed by atoms with van der Waals surface area (Å²) in [6, 6.07) is 4.95. The van der Waals surface area contributed by atoms with Crippen LogP contribution < -0.4 is 10.6 Å². The molecule has 1 aromatic carbocycles. The highest BCUT2D eigenvalue weighted by molar-refractivity contribution is 9.10. The Balaban J connectivity index is 2.68. The van der Waals surface area contributed by atoms with Crippen molar-refractivity contribution in [3.63, 3.8) is 0 Å². The minimum absolute atomic E-state index is 0.288. The van der Waals surface area contributed by atoms with E-state index < -0.39 is 0 Å². The van der Waals surface area contributed by atoms with E-state index >= 15 is 0 Å². The zero-order valence-corrected chi connectivity index (χ0v) is 11.7. The molecule has 0 aliphatic rings. The molecule has 0 radical (unpaired) electrons. The van der Waals surface area contributed by atoms with Gasteiger partial charge in [-0.1, -0.05) is 12.0 Å². The molecule has 1 rings (SSSR count). The summed E-state index contributed by atoms with van der Waals surface area (Å²) in [5, 5.41) is 6.02. The van der Waals surface area contributed by atoms with Crippen LogP contribution in [0.1, 0.15) is 12.5 Å². The Bertz CT molecular complexity index is 466. The van der Waals surface area contributed by atoms with Crippen molar-refractivity contribution in [2.75, 3.05) is 13.1 Å². The number of hydrogen-bond donors (Lipinski definition) is 2. The van der Waals surface area contributed by atoms with Crippen molar-refractivity contribution in [1.29, 1.82) is 0 Å². The molecule has 2 N–H and O–H groups in total. The van der Waals surface area contributed by atoms with Crippen molar-refractivity contribution in [3.05, 3.63) is 34.1 Å². The lowest BCUT2D eigenvalue weighted by Gasteiger charge is -2.08. The van der Waals surface area contributed by atoms with E-state index in [1.54, 1.807) is 6.07 Å². The van der Waals surface area contributed by atoms with Crippen molar-refractivity contribution in [1.82, 2.24) is 10.6 Å². The Morgan fingerprint density at radius 2 is 2.28 bits per heavy atom. The van der Waals surface area contributed by atoms with Gasteiger partial charge in [-0.25, -0.2) is 9.38 Å². The lowest BCUT2D eigenvalue weighted by Crippen LogP contribution is -2.37. The quantitative estimate of drug-likeness (QED) is 0.508. The molecule has 1 aromatic rings. The highest BCUT2D eigenvalue weighted by Crippen LogP contribution is 2.16. The Hall–Kier alpha value is -1.54. The number of aliphatic imine (C=N–C) groups is 1. The first-order valence-electron chi connectivity index (χ1n) is 5.57. The molecule has 0 unspecified atom stereocenters. The topological polar surface area (TPSA) is 36.4 Å². The molecule has 0 heterocycles. The van der Waals surface area contributed by atoms with Crippen molar-refractivity contribution >= 4 is 21.9 Å². The molecule has 0 saturated heterocycles. The van der Waals surface area contributed by atoms with Gasteiger partial charge in [-0.2, -0.15) is 0 Å². The zero-order chi connectivity index (χ0) is 13.4. The monoisotopic (exact) mass is 311 g/mol. The van der Waals surface area contributed by atoms with E-state index in [1.165, 1.54) is 6.07 Å². The average molecular weight is 312 g/mol. The minimum atomic E-state index is -0.288. The van der Waals surface area contributed by atoms with Crippen LogP contribution in [-0.2, 0) is 6.54 Å². The van der Waals surface area contributed by atoms with Crippen molar-refractivity contribution in [3.8, 4) is 12.3 Å². The SMILES string of the molecule is C#CCNC(=NCc1ccc(Br)c(F)c1)NCC. The largest absolute Gasteiger partial charge is 0.357 e. The Kier molecular flexibility index (Phi) is 6.23. The van der Waals surface area contributed by atoms with Gasteiger partial charge < -0.3 is 10.6 Å². The highest BCUT2D eigenvalue weighted by Gasteiger charge is 2.01. The van der Waals surface area contributed by atoms with E-state index in [0.29, 0.717) is 23.5 Å². The average Bonchev–Trinajstić information content (AvgIpc) is 2.37. The van der Waals surface area contributed by atoms with E-state index in [2.05, 4.69) is 37.5 Å². The Labute approximate surface area is 115 Å². The number of halogens is 2. The molecule has 0 aliphatic carbocycles. The number of nitrogens with one attached hydrogen (secondary N) is 2. The summed E-state index contributed by atoms with van der Waals surface area (Å²) in [7, 11) is 0. The van der Waals surface area contributed by atoms with Crippen LogP contribution in [0.25, 0.3) is 0 Å². The molecule has 0 fully saturated rings. The first kappa shape index (κ1) is 14.5. The second-order valence-corrected chi connectivity index (χ2v) is 4.36. The maximum Gasteiger partial charge on any atom is 0.192 e. The lowest BCUT2D eigenvalue weighted by atomic mass is 10.2. The first-order chi connectivity index (χ1) is 8.67. The molecule has 0 aliphatic heterocycles. The van der Waals surface area contributed by atoms with E-state index in [0.717, 1.165) is 12.1 Å². The van der Waals surface area contributed by atoms with Gasteiger partial charge >= 0.3 is 0 Å². The second-order valence-electron chi connectivity index (χ2n) is 3.50. The van der Waals surface area contributed by atoms with Crippen molar-refractivity contribution < 1.29 is 4.39 Å². The van der Waals surface area contributed by atoms with Crippen molar-refractivity contribution in [2.45, 2.75) is 13.5 Å². The normalized spacial score (nSPS) is 10.9. The number of terminal acetylenes is 1. The van der Waals surface area contributed by atoms with Crippen LogP contribution in [0.2, 0.25) is 0 Å². The van der Waals surface area contributed by atoms with Gasteiger partial charge in [-0.3, -0.25) is 0 Å². The summed E-state index contributed by atoms with van der Waals surface area (Å²) >= 11 is 3.11. The second kappa shape index (κ2) is 7.72. The van der Waals surface area contributed by atoms with Gasteiger partial charge in [0.1, 0.15) is 5.82 Å². The predicted octanol–water partition coefficient (Wildman–Crippen LogP) is 2.28. The lowest BCUT2D eigenvalue weighted by molar-refractivity contribution is 0.618. The fourth-order valence-corrected chi connectivity index (χ4v) is 1.53. The van der Waals surface area contributed by atoms with Crippen LogP contribution in [0.15, 0.2) is 27.7 Å². The molecule has 0 spiro atoms. The van der Waals surface area contributed by atoms with Gasteiger partial charge in [-0.05, 0) is 40.5 Å². The van der Waals surface area contributed by atoms with Crippen LogP contribution in [0, 0.1) is 18.2 Å². The third-order valence-electron chi connectivity index (χ3n) is 2.11. The van der Waals surface area contributed by atoms with E-state index in [4.69, 9.17) is 6.42 Å². The molecular weight excluding hydrogens is 297 g/mol. The number of nitrogens with zero attached hydrogens (tertiary/aromatic N) is 1. The van der Waals surface area contributed by atoms with Crippen LogP contribution in [0.3, 0.4) is 0 Å². The molecule has 96 valence electrons. The maximum atomic E-state index is 13.3. The van der Waals surface area contributed by atoms with Gasteiger partial charge in [0.15, 0.2) is 5.96 Å². The summed E-state index contributed by atoms with van der Waals surface area (Å²) in [5.74, 6) is 2.81. The summed E-state index contributed by atoms with van der Waals surface area (Å²) in [4.78, 5) is 4.31. The Morgan fingerprint density at radius 3 is 2.89 bits per heavy atom. The van der Waals surface area contributed by atoms with Crippen LogP contribution in [0.4, 0.5) is 4.39 Å². The fourth-order valence-electron chi connectivity index (χ4n) is 1.28. The van der Waals surface area contributed by atoms with Crippen LogP contribution in [-0.4, -0.2) is 19.0 Å². The van der Waals surface area contributed by atoms with E-state index in [-0.39, 0.29) is 5.82 Å². The minimum Gasteiger partial charge on any atom is -0.357 e. The van der Waals surface area contributed by atoms with E-state index in [9.17, 15) is 4.39 Å². The molecule has 18 heavy (non-hydrogen) atoms. The third kappa shape index (κ3) is 4.76. The fraction of sp³-hybridized carbons (Fsp3) is 0.308. The maximum absolute atomic E-state index is 13.3. The van der Waals surface area contributed by atoms with Gasteiger partial charge in [0.05, 0.1) is 17.6 Å². The highest BCUT2D eigenvalue weighted by atomic mass is 79.9.